The zero-order valence-corrected chi connectivity index (χ0v) is 15.4. The number of ether oxygens (including phenoxy) is 1. The van der Waals surface area contributed by atoms with Gasteiger partial charge in [0, 0.05) is 30.9 Å². The minimum Gasteiger partial charge on any atom is -0.447 e. The molecule has 2 heterocycles. The fourth-order valence-electron chi connectivity index (χ4n) is 3.72. The van der Waals surface area contributed by atoms with Crippen LogP contribution in [0.25, 0.3) is 0 Å². The third kappa shape index (κ3) is 3.53. The van der Waals surface area contributed by atoms with Gasteiger partial charge in [0.05, 0.1) is 12.6 Å². The van der Waals surface area contributed by atoms with Crippen LogP contribution < -0.4 is 4.90 Å². The van der Waals surface area contributed by atoms with Crippen molar-refractivity contribution in [2.24, 2.45) is 0 Å². The normalized spacial score (nSPS) is 20.6. The molecule has 0 bridgehead atoms. The fourth-order valence-corrected chi connectivity index (χ4v) is 3.72. The summed E-state index contributed by atoms with van der Waals surface area (Å²) >= 11 is 0. The highest BCUT2D eigenvalue weighted by atomic mass is 16.6. The van der Waals surface area contributed by atoms with Gasteiger partial charge in [-0.25, -0.2) is 4.79 Å². The predicted molar refractivity (Wildman–Crippen MR) is 103 cm³/mol. The lowest BCUT2D eigenvalue weighted by Gasteiger charge is -2.40. The first-order valence-corrected chi connectivity index (χ1v) is 9.22. The first-order valence-electron chi connectivity index (χ1n) is 9.22. The van der Waals surface area contributed by atoms with Crippen LogP contribution in [-0.2, 0) is 4.74 Å². The molecule has 2 fully saturated rings. The van der Waals surface area contributed by atoms with Crippen molar-refractivity contribution in [2.45, 2.75) is 6.04 Å². The van der Waals surface area contributed by atoms with E-state index in [0.29, 0.717) is 30.9 Å². The van der Waals surface area contributed by atoms with E-state index in [1.165, 1.54) is 0 Å². The summed E-state index contributed by atoms with van der Waals surface area (Å²) in [6.45, 7) is 3.20. The molecule has 27 heavy (non-hydrogen) atoms. The Labute approximate surface area is 158 Å². The second kappa shape index (κ2) is 7.40. The molecular weight excluding hydrogens is 342 g/mol. The molecule has 2 aromatic carbocycles. The van der Waals surface area contributed by atoms with Gasteiger partial charge < -0.3 is 14.5 Å². The lowest BCUT2D eigenvalue weighted by Crippen LogP contribution is -2.49. The van der Waals surface area contributed by atoms with E-state index in [1.807, 2.05) is 41.3 Å². The molecule has 2 aliphatic heterocycles. The summed E-state index contributed by atoms with van der Waals surface area (Å²) in [6.07, 6.45) is -0.360. The maximum absolute atomic E-state index is 13.3. The van der Waals surface area contributed by atoms with Crippen molar-refractivity contribution in [3.8, 4) is 0 Å². The van der Waals surface area contributed by atoms with E-state index in [1.54, 1.807) is 11.0 Å². The van der Waals surface area contributed by atoms with Crippen LogP contribution >= 0.6 is 0 Å². The number of piperazine rings is 1. The molecular formula is C21H23N3O3. The lowest BCUT2D eigenvalue weighted by molar-refractivity contribution is 0.0498. The number of benzene rings is 2. The first-order chi connectivity index (χ1) is 13.1. The average Bonchev–Trinajstić information content (AvgIpc) is 3.14. The minimum atomic E-state index is -0.360. The Bertz CT molecular complexity index is 840. The molecule has 2 amide bonds. The number of hydrogen-bond acceptors (Lipinski definition) is 4. The number of carbonyl (C=O) groups is 2. The molecule has 0 radical (unpaired) electrons. The standard InChI is InChI=1S/C21H23N3O3/c1-22-10-11-24(19(15-22)16-6-3-2-4-7-16)20(25)17-8-5-9-18(14-17)23-12-13-27-21(23)26/h2-9,14,19H,10-13,15H2,1H3. The molecule has 2 aromatic rings. The number of cyclic esters (lactones) is 1. The molecule has 6 heteroatoms. The van der Waals surface area contributed by atoms with Gasteiger partial charge in [-0.3, -0.25) is 9.69 Å². The molecule has 0 saturated carbocycles. The van der Waals surface area contributed by atoms with Crippen molar-refractivity contribution in [2.75, 3.05) is 44.7 Å². The van der Waals surface area contributed by atoms with Crippen LogP contribution in [0.5, 0.6) is 0 Å². The SMILES string of the molecule is CN1CCN(C(=O)c2cccc(N3CCOC3=O)c2)C(c2ccccc2)C1. The van der Waals surface area contributed by atoms with Crippen LogP contribution in [0.15, 0.2) is 54.6 Å². The van der Waals surface area contributed by atoms with Crippen molar-refractivity contribution in [3.05, 3.63) is 65.7 Å². The summed E-state index contributed by atoms with van der Waals surface area (Å²) in [6, 6.07) is 17.4. The van der Waals surface area contributed by atoms with Gasteiger partial charge >= 0.3 is 6.09 Å². The number of carbonyl (C=O) groups excluding carboxylic acids is 2. The predicted octanol–water partition coefficient (Wildman–Crippen LogP) is 2.77. The van der Waals surface area contributed by atoms with Gasteiger partial charge in [0.25, 0.3) is 5.91 Å². The molecule has 140 valence electrons. The number of nitrogens with zero attached hydrogens (tertiary/aromatic N) is 3. The Morgan fingerprint density at radius 1 is 1.04 bits per heavy atom. The van der Waals surface area contributed by atoms with Crippen molar-refractivity contribution < 1.29 is 14.3 Å². The van der Waals surface area contributed by atoms with Crippen molar-refractivity contribution >= 4 is 17.7 Å². The number of anilines is 1. The first kappa shape index (κ1) is 17.5. The van der Waals surface area contributed by atoms with E-state index < -0.39 is 0 Å². The van der Waals surface area contributed by atoms with E-state index >= 15 is 0 Å². The Morgan fingerprint density at radius 2 is 1.85 bits per heavy atom. The Hall–Kier alpha value is -2.86. The topological polar surface area (TPSA) is 53.1 Å². The van der Waals surface area contributed by atoms with Crippen molar-refractivity contribution in [3.63, 3.8) is 0 Å². The third-order valence-electron chi connectivity index (χ3n) is 5.19. The average molecular weight is 365 g/mol. The van der Waals surface area contributed by atoms with Gasteiger partial charge in [-0.1, -0.05) is 36.4 Å². The molecule has 2 aliphatic rings. The van der Waals surface area contributed by atoms with E-state index in [-0.39, 0.29) is 18.0 Å². The van der Waals surface area contributed by atoms with Crippen LogP contribution in [0.1, 0.15) is 22.0 Å². The number of hydrogen-bond donors (Lipinski definition) is 0. The largest absolute Gasteiger partial charge is 0.447 e. The number of rotatable bonds is 3. The Morgan fingerprint density at radius 3 is 2.59 bits per heavy atom. The van der Waals surface area contributed by atoms with Crippen LogP contribution in [0.2, 0.25) is 0 Å². The highest BCUT2D eigenvalue weighted by molar-refractivity contribution is 5.97. The third-order valence-corrected chi connectivity index (χ3v) is 5.19. The molecule has 0 spiro atoms. The zero-order valence-electron chi connectivity index (χ0n) is 15.4. The fraction of sp³-hybridized carbons (Fsp3) is 0.333. The van der Waals surface area contributed by atoms with Gasteiger partial charge in [-0.2, -0.15) is 0 Å². The van der Waals surface area contributed by atoms with Gasteiger partial charge in [0.15, 0.2) is 0 Å². The van der Waals surface area contributed by atoms with E-state index in [2.05, 4.69) is 24.1 Å². The maximum atomic E-state index is 13.3. The van der Waals surface area contributed by atoms with Gasteiger partial charge in [-0.05, 0) is 30.8 Å². The van der Waals surface area contributed by atoms with E-state index in [4.69, 9.17) is 4.74 Å². The number of amides is 2. The van der Waals surface area contributed by atoms with Gasteiger partial charge in [-0.15, -0.1) is 0 Å². The zero-order chi connectivity index (χ0) is 18.8. The molecule has 0 aromatic heterocycles. The smallest absolute Gasteiger partial charge is 0.414 e. The summed E-state index contributed by atoms with van der Waals surface area (Å²) in [5, 5.41) is 0. The second-order valence-electron chi connectivity index (χ2n) is 7.00. The summed E-state index contributed by atoms with van der Waals surface area (Å²) in [4.78, 5) is 30.9. The molecule has 0 N–H and O–H groups in total. The molecule has 2 saturated heterocycles. The monoisotopic (exact) mass is 365 g/mol. The van der Waals surface area contributed by atoms with Crippen LogP contribution in [0, 0.1) is 0 Å². The maximum Gasteiger partial charge on any atom is 0.414 e. The molecule has 0 aliphatic carbocycles. The molecule has 4 rings (SSSR count). The Balaban J connectivity index is 1.62. The molecule has 1 unspecified atom stereocenters. The van der Waals surface area contributed by atoms with Crippen LogP contribution in [0.4, 0.5) is 10.5 Å². The summed E-state index contributed by atoms with van der Waals surface area (Å²) in [5.74, 6) is -0.00799. The highest BCUT2D eigenvalue weighted by Gasteiger charge is 2.31. The van der Waals surface area contributed by atoms with Crippen molar-refractivity contribution in [1.82, 2.24) is 9.80 Å². The molecule has 1 atom stereocenters. The highest BCUT2D eigenvalue weighted by Crippen LogP contribution is 2.28. The quantitative estimate of drug-likeness (QED) is 0.839. The summed E-state index contributed by atoms with van der Waals surface area (Å²) < 4.78 is 5.01. The summed E-state index contributed by atoms with van der Waals surface area (Å²) in [5.41, 5.74) is 2.43. The van der Waals surface area contributed by atoms with E-state index in [9.17, 15) is 9.59 Å². The van der Waals surface area contributed by atoms with Crippen LogP contribution in [-0.4, -0.2) is 61.6 Å². The molecule has 6 nitrogen and oxygen atoms in total. The number of likely N-dealkylation sites (N-methyl/N-ethyl adjacent to an activating group) is 1. The summed E-state index contributed by atoms with van der Waals surface area (Å²) in [7, 11) is 2.08. The van der Waals surface area contributed by atoms with Gasteiger partial charge in [0.1, 0.15) is 6.61 Å². The van der Waals surface area contributed by atoms with Gasteiger partial charge in [0.2, 0.25) is 0 Å². The second-order valence-corrected chi connectivity index (χ2v) is 7.00. The van der Waals surface area contributed by atoms with Crippen molar-refractivity contribution in [1.29, 1.82) is 0 Å². The Kier molecular flexibility index (Phi) is 4.81. The van der Waals surface area contributed by atoms with Crippen LogP contribution in [0.3, 0.4) is 0 Å². The lowest BCUT2D eigenvalue weighted by atomic mass is 10.0. The van der Waals surface area contributed by atoms with E-state index in [0.717, 1.165) is 18.7 Å². The minimum absolute atomic E-state index is 0.00799.